The minimum atomic E-state index is -0.845. The molecule has 1 saturated heterocycles. The number of fused-ring (bicyclic) bond motifs is 1. The Morgan fingerprint density at radius 2 is 2.15 bits per heavy atom. The molecule has 1 aromatic rings. The van der Waals surface area contributed by atoms with Crippen LogP contribution in [-0.4, -0.2) is 66.0 Å². The second-order valence-corrected chi connectivity index (χ2v) is 6.19. The predicted octanol–water partition coefficient (Wildman–Crippen LogP) is 1.13. The fourth-order valence-corrected chi connectivity index (χ4v) is 2.87. The summed E-state index contributed by atoms with van der Waals surface area (Å²) in [6.07, 6.45) is 0.723. The lowest BCUT2D eigenvalue weighted by Crippen LogP contribution is -2.39. The van der Waals surface area contributed by atoms with Gasteiger partial charge in [0.2, 0.25) is 12.7 Å². The molecule has 1 N–H and O–H groups in total. The number of aliphatic hydroxyl groups excluding tert-OH is 1. The molecule has 8 heteroatoms. The lowest BCUT2D eigenvalue weighted by Gasteiger charge is -2.22. The van der Waals surface area contributed by atoms with Crippen molar-refractivity contribution in [1.82, 2.24) is 9.80 Å². The zero-order valence-corrected chi connectivity index (χ0v) is 14.4. The van der Waals surface area contributed by atoms with Crippen molar-refractivity contribution in [3.05, 3.63) is 36.4 Å². The predicted molar refractivity (Wildman–Crippen MR) is 91.7 cm³/mol. The molecule has 2 aliphatic heterocycles. The normalized spacial score (nSPS) is 19.3. The highest BCUT2D eigenvalue weighted by Crippen LogP contribution is 2.32. The van der Waals surface area contributed by atoms with Crippen molar-refractivity contribution in [3.63, 3.8) is 0 Å². The van der Waals surface area contributed by atoms with Gasteiger partial charge in [-0.3, -0.25) is 9.69 Å². The van der Waals surface area contributed by atoms with Crippen molar-refractivity contribution in [2.75, 3.05) is 33.0 Å². The Bertz CT molecular complexity index is 692. The second-order valence-electron chi connectivity index (χ2n) is 6.19. The molecule has 0 bridgehead atoms. The van der Waals surface area contributed by atoms with Crippen LogP contribution >= 0.6 is 0 Å². The first-order valence-corrected chi connectivity index (χ1v) is 8.44. The molecule has 0 radical (unpaired) electrons. The Hall–Kier alpha value is -2.74. The molecule has 140 valence electrons. The molecule has 1 fully saturated rings. The number of nitrogens with zero attached hydrogens (tertiary/aromatic N) is 2. The van der Waals surface area contributed by atoms with E-state index in [0.29, 0.717) is 24.5 Å². The Morgan fingerprint density at radius 1 is 1.35 bits per heavy atom. The summed E-state index contributed by atoms with van der Waals surface area (Å²) in [6, 6.07) is 5.45. The summed E-state index contributed by atoms with van der Waals surface area (Å²) in [5.41, 5.74) is 0.858. The smallest absolute Gasteiger partial charge is 0.410 e. The van der Waals surface area contributed by atoms with Crippen LogP contribution in [-0.2, 0) is 16.1 Å². The monoisotopic (exact) mass is 362 g/mol. The summed E-state index contributed by atoms with van der Waals surface area (Å²) >= 11 is 0. The fraction of sp³-hybridized carbons (Fsp3) is 0.444. The van der Waals surface area contributed by atoms with Gasteiger partial charge in [-0.25, -0.2) is 4.79 Å². The molecule has 8 nitrogen and oxygen atoms in total. The maximum Gasteiger partial charge on any atom is 0.410 e. The molecule has 1 aromatic carbocycles. The van der Waals surface area contributed by atoms with Crippen LogP contribution in [0.3, 0.4) is 0 Å². The zero-order valence-electron chi connectivity index (χ0n) is 14.4. The minimum Gasteiger partial charge on any atom is -0.454 e. The molecule has 0 saturated carbocycles. The van der Waals surface area contributed by atoms with Crippen molar-refractivity contribution in [1.29, 1.82) is 0 Å². The van der Waals surface area contributed by atoms with Crippen LogP contribution in [0.4, 0.5) is 4.79 Å². The highest BCUT2D eigenvalue weighted by atomic mass is 16.7. The maximum atomic E-state index is 12.5. The summed E-state index contributed by atoms with van der Waals surface area (Å²) in [5.74, 6) is 1.06. The van der Waals surface area contributed by atoms with Gasteiger partial charge in [-0.1, -0.05) is 12.1 Å². The quantitative estimate of drug-likeness (QED) is 0.624. The first-order valence-electron chi connectivity index (χ1n) is 8.44. The van der Waals surface area contributed by atoms with E-state index in [1.807, 2.05) is 12.1 Å². The molecule has 0 spiro atoms. The van der Waals surface area contributed by atoms with Crippen molar-refractivity contribution < 1.29 is 28.9 Å². The molecule has 2 amide bonds. The Balaban J connectivity index is 1.63. The van der Waals surface area contributed by atoms with Crippen LogP contribution in [0.5, 0.6) is 11.5 Å². The molecule has 0 aliphatic carbocycles. The number of carbonyl (C=O) groups excluding carboxylic acids is 2. The molecule has 26 heavy (non-hydrogen) atoms. The molecular formula is C18H22N2O6. The van der Waals surface area contributed by atoms with Crippen molar-refractivity contribution in [2.45, 2.75) is 19.1 Å². The molecule has 2 aliphatic rings. The number of rotatable bonds is 5. The first kappa shape index (κ1) is 18.1. The van der Waals surface area contributed by atoms with Crippen LogP contribution in [0.1, 0.15) is 12.0 Å². The Kier molecular flexibility index (Phi) is 5.62. The van der Waals surface area contributed by atoms with Crippen LogP contribution in [0.15, 0.2) is 30.9 Å². The highest BCUT2D eigenvalue weighted by Gasteiger charge is 2.30. The van der Waals surface area contributed by atoms with Gasteiger partial charge in [0.05, 0.1) is 19.3 Å². The molecular weight excluding hydrogens is 340 g/mol. The van der Waals surface area contributed by atoms with E-state index in [0.717, 1.165) is 5.56 Å². The van der Waals surface area contributed by atoms with E-state index < -0.39 is 12.2 Å². The van der Waals surface area contributed by atoms with Gasteiger partial charge in [0, 0.05) is 13.1 Å². The summed E-state index contributed by atoms with van der Waals surface area (Å²) in [4.78, 5) is 27.4. The minimum absolute atomic E-state index is 0.0519. The molecule has 2 heterocycles. The van der Waals surface area contributed by atoms with Crippen LogP contribution in [0, 0.1) is 0 Å². The SMILES string of the molecule is C=CCCOC(=O)N1CC(=O)N(Cc2ccc3c(c2)OCO3)CC(O)C1. The fourth-order valence-electron chi connectivity index (χ4n) is 2.87. The number of hydrogen-bond acceptors (Lipinski definition) is 6. The Morgan fingerprint density at radius 3 is 2.96 bits per heavy atom. The number of β-amino-alcohol motifs (C(OH)–C–C–N with tert-alkyl or cyclic N) is 1. The van der Waals surface area contributed by atoms with E-state index in [4.69, 9.17) is 14.2 Å². The van der Waals surface area contributed by atoms with Crippen LogP contribution in [0.2, 0.25) is 0 Å². The van der Waals surface area contributed by atoms with Gasteiger partial charge in [0.15, 0.2) is 11.5 Å². The lowest BCUT2D eigenvalue weighted by atomic mass is 10.2. The number of amides is 2. The van der Waals surface area contributed by atoms with Crippen molar-refractivity contribution >= 4 is 12.0 Å². The van der Waals surface area contributed by atoms with Gasteiger partial charge in [-0.15, -0.1) is 6.58 Å². The number of carbonyl (C=O) groups is 2. The largest absolute Gasteiger partial charge is 0.454 e. The summed E-state index contributed by atoms with van der Waals surface area (Å²) < 4.78 is 15.7. The third kappa shape index (κ3) is 4.26. The summed E-state index contributed by atoms with van der Waals surface area (Å²) in [5, 5.41) is 10.2. The van der Waals surface area contributed by atoms with Gasteiger partial charge >= 0.3 is 6.09 Å². The zero-order chi connectivity index (χ0) is 18.5. The van der Waals surface area contributed by atoms with Crippen LogP contribution < -0.4 is 9.47 Å². The maximum absolute atomic E-state index is 12.5. The number of aliphatic hydroxyl groups is 1. The van der Waals surface area contributed by atoms with E-state index in [1.54, 1.807) is 12.1 Å². The van der Waals surface area contributed by atoms with Crippen molar-refractivity contribution in [3.8, 4) is 11.5 Å². The van der Waals surface area contributed by atoms with E-state index in [2.05, 4.69) is 6.58 Å². The molecule has 3 rings (SSSR count). The van der Waals surface area contributed by atoms with Gasteiger partial charge in [-0.2, -0.15) is 0 Å². The average Bonchev–Trinajstić information content (AvgIpc) is 3.02. The van der Waals surface area contributed by atoms with Crippen molar-refractivity contribution in [2.24, 2.45) is 0 Å². The van der Waals surface area contributed by atoms with Gasteiger partial charge in [0.1, 0.15) is 6.54 Å². The molecule has 1 unspecified atom stereocenters. The number of ether oxygens (including phenoxy) is 3. The van der Waals surface area contributed by atoms with E-state index in [1.165, 1.54) is 9.80 Å². The van der Waals surface area contributed by atoms with E-state index >= 15 is 0 Å². The highest BCUT2D eigenvalue weighted by molar-refractivity contribution is 5.83. The standard InChI is InChI=1S/C18H22N2O6/c1-2-3-6-24-18(23)20-10-14(21)9-19(17(22)11-20)8-13-4-5-15-16(7-13)26-12-25-15/h2,4-5,7,14,21H,1,3,6,8-12H2. The number of hydrogen-bond donors (Lipinski definition) is 1. The Labute approximate surface area is 151 Å². The second kappa shape index (κ2) is 8.09. The van der Waals surface area contributed by atoms with Crippen LogP contribution in [0.25, 0.3) is 0 Å². The van der Waals surface area contributed by atoms with E-state index in [9.17, 15) is 14.7 Å². The lowest BCUT2D eigenvalue weighted by molar-refractivity contribution is -0.132. The van der Waals surface area contributed by atoms with Gasteiger partial charge in [0.25, 0.3) is 0 Å². The van der Waals surface area contributed by atoms with Gasteiger partial charge in [-0.05, 0) is 24.1 Å². The third-order valence-corrected chi connectivity index (χ3v) is 4.16. The molecule has 0 aromatic heterocycles. The average molecular weight is 362 g/mol. The number of benzene rings is 1. The van der Waals surface area contributed by atoms with Gasteiger partial charge < -0.3 is 24.2 Å². The summed E-state index contributed by atoms with van der Waals surface area (Å²) in [6.45, 7) is 4.32. The first-order chi connectivity index (χ1) is 12.6. The topological polar surface area (TPSA) is 88.5 Å². The summed E-state index contributed by atoms with van der Waals surface area (Å²) in [7, 11) is 0. The molecule has 1 atom stereocenters. The van der Waals surface area contributed by atoms with E-state index in [-0.39, 0.29) is 38.9 Å². The third-order valence-electron chi connectivity index (χ3n) is 4.16.